The SMILES string of the molecule is CNC(=O)c1cccc(N[C@@H](C(=O)N(C)C)c2ccccc2)c1. The van der Waals surface area contributed by atoms with Gasteiger partial charge in [0.1, 0.15) is 6.04 Å². The maximum atomic E-state index is 12.5. The van der Waals surface area contributed by atoms with Crippen molar-refractivity contribution in [3.8, 4) is 0 Å². The van der Waals surface area contributed by atoms with Gasteiger partial charge >= 0.3 is 0 Å². The molecule has 2 rings (SSSR count). The molecule has 1 atom stereocenters. The lowest BCUT2D eigenvalue weighted by molar-refractivity contribution is -0.129. The van der Waals surface area contributed by atoms with E-state index in [9.17, 15) is 9.59 Å². The van der Waals surface area contributed by atoms with Crippen LogP contribution >= 0.6 is 0 Å². The summed E-state index contributed by atoms with van der Waals surface area (Å²) in [5.74, 6) is -0.217. The molecule has 0 heterocycles. The zero-order valence-corrected chi connectivity index (χ0v) is 13.5. The molecule has 0 saturated carbocycles. The maximum Gasteiger partial charge on any atom is 0.251 e. The van der Waals surface area contributed by atoms with Gasteiger partial charge in [-0.25, -0.2) is 0 Å². The molecule has 2 amide bonds. The molecule has 0 aliphatic heterocycles. The van der Waals surface area contributed by atoms with Crippen LogP contribution in [0.3, 0.4) is 0 Å². The van der Waals surface area contributed by atoms with Gasteiger partial charge in [0.05, 0.1) is 0 Å². The van der Waals surface area contributed by atoms with Crippen LogP contribution in [0.1, 0.15) is 22.0 Å². The smallest absolute Gasteiger partial charge is 0.251 e. The normalized spacial score (nSPS) is 11.4. The van der Waals surface area contributed by atoms with Crippen LogP contribution in [0.5, 0.6) is 0 Å². The highest BCUT2D eigenvalue weighted by molar-refractivity contribution is 5.95. The van der Waals surface area contributed by atoms with E-state index in [1.807, 2.05) is 36.4 Å². The van der Waals surface area contributed by atoms with E-state index in [4.69, 9.17) is 0 Å². The summed E-state index contributed by atoms with van der Waals surface area (Å²) in [7, 11) is 5.03. The number of nitrogens with zero attached hydrogens (tertiary/aromatic N) is 1. The molecule has 0 unspecified atom stereocenters. The summed E-state index contributed by atoms with van der Waals surface area (Å²) in [6.07, 6.45) is 0. The molecule has 120 valence electrons. The van der Waals surface area contributed by atoms with Crippen LogP contribution in [-0.4, -0.2) is 37.9 Å². The second kappa shape index (κ2) is 7.45. The molecule has 2 aromatic rings. The molecular weight excluding hydrogens is 290 g/mol. The predicted octanol–water partition coefficient (Wildman–Crippen LogP) is 2.29. The molecule has 0 aliphatic rings. The predicted molar refractivity (Wildman–Crippen MR) is 91.3 cm³/mol. The first-order valence-corrected chi connectivity index (χ1v) is 7.37. The zero-order valence-electron chi connectivity index (χ0n) is 13.5. The van der Waals surface area contributed by atoms with Crippen molar-refractivity contribution in [1.29, 1.82) is 0 Å². The molecule has 23 heavy (non-hydrogen) atoms. The Bertz CT molecular complexity index is 684. The quantitative estimate of drug-likeness (QED) is 0.890. The average Bonchev–Trinajstić information content (AvgIpc) is 2.59. The van der Waals surface area contributed by atoms with Crippen molar-refractivity contribution >= 4 is 17.5 Å². The van der Waals surface area contributed by atoms with E-state index >= 15 is 0 Å². The van der Waals surface area contributed by atoms with E-state index < -0.39 is 6.04 Å². The van der Waals surface area contributed by atoms with Crippen LogP contribution in [0.25, 0.3) is 0 Å². The zero-order chi connectivity index (χ0) is 16.8. The summed E-state index contributed by atoms with van der Waals surface area (Å²) in [5.41, 5.74) is 2.13. The monoisotopic (exact) mass is 311 g/mol. The van der Waals surface area contributed by atoms with Gasteiger partial charge in [-0.1, -0.05) is 36.4 Å². The van der Waals surface area contributed by atoms with Crippen molar-refractivity contribution in [2.24, 2.45) is 0 Å². The van der Waals surface area contributed by atoms with E-state index in [1.54, 1.807) is 44.2 Å². The number of hydrogen-bond acceptors (Lipinski definition) is 3. The van der Waals surface area contributed by atoms with Gasteiger partial charge in [-0.3, -0.25) is 9.59 Å². The molecule has 0 radical (unpaired) electrons. The molecule has 0 aromatic heterocycles. The van der Waals surface area contributed by atoms with Crippen molar-refractivity contribution < 1.29 is 9.59 Å². The highest BCUT2D eigenvalue weighted by Crippen LogP contribution is 2.22. The lowest BCUT2D eigenvalue weighted by atomic mass is 10.0. The fraction of sp³-hybridized carbons (Fsp3) is 0.222. The first-order chi connectivity index (χ1) is 11.0. The topological polar surface area (TPSA) is 61.4 Å². The van der Waals surface area contributed by atoms with Gasteiger partial charge in [-0.15, -0.1) is 0 Å². The summed E-state index contributed by atoms with van der Waals surface area (Å²) in [5, 5.41) is 5.82. The highest BCUT2D eigenvalue weighted by atomic mass is 16.2. The number of nitrogens with one attached hydrogen (secondary N) is 2. The van der Waals surface area contributed by atoms with Gasteiger partial charge in [0.15, 0.2) is 0 Å². The number of carbonyl (C=O) groups is 2. The lowest BCUT2D eigenvalue weighted by Crippen LogP contribution is -2.32. The van der Waals surface area contributed by atoms with E-state index in [2.05, 4.69) is 10.6 Å². The van der Waals surface area contributed by atoms with Crippen molar-refractivity contribution in [1.82, 2.24) is 10.2 Å². The summed E-state index contributed by atoms with van der Waals surface area (Å²) >= 11 is 0. The Labute approximate surface area is 136 Å². The number of likely N-dealkylation sites (N-methyl/N-ethyl adjacent to an activating group) is 1. The Kier molecular flexibility index (Phi) is 5.36. The third-order valence-corrected chi connectivity index (χ3v) is 3.48. The highest BCUT2D eigenvalue weighted by Gasteiger charge is 2.22. The summed E-state index contributed by atoms with van der Waals surface area (Å²) in [6.45, 7) is 0. The molecule has 5 nitrogen and oxygen atoms in total. The Hall–Kier alpha value is -2.82. The fourth-order valence-electron chi connectivity index (χ4n) is 2.25. The molecule has 2 N–H and O–H groups in total. The fourth-order valence-corrected chi connectivity index (χ4v) is 2.25. The number of amides is 2. The molecule has 0 fully saturated rings. The number of benzene rings is 2. The lowest BCUT2D eigenvalue weighted by Gasteiger charge is -2.23. The number of rotatable bonds is 5. The van der Waals surface area contributed by atoms with Crippen molar-refractivity contribution in [2.75, 3.05) is 26.5 Å². The first kappa shape index (κ1) is 16.5. The summed E-state index contributed by atoms with van der Waals surface area (Å²) in [6, 6.07) is 16.1. The molecule has 5 heteroatoms. The van der Waals surface area contributed by atoms with E-state index in [0.717, 1.165) is 11.3 Å². The Morgan fingerprint density at radius 1 is 1.00 bits per heavy atom. The van der Waals surface area contributed by atoms with E-state index in [1.165, 1.54) is 0 Å². The Morgan fingerprint density at radius 2 is 1.70 bits per heavy atom. The van der Waals surface area contributed by atoms with Gasteiger partial charge in [0, 0.05) is 32.4 Å². The third kappa shape index (κ3) is 4.10. The van der Waals surface area contributed by atoms with Crippen LogP contribution in [0.15, 0.2) is 54.6 Å². The first-order valence-electron chi connectivity index (χ1n) is 7.37. The van der Waals surface area contributed by atoms with Gasteiger partial charge < -0.3 is 15.5 Å². The Morgan fingerprint density at radius 3 is 2.30 bits per heavy atom. The van der Waals surface area contributed by atoms with Crippen molar-refractivity contribution in [3.63, 3.8) is 0 Å². The maximum absolute atomic E-state index is 12.5. The minimum absolute atomic E-state index is 0.0541. The second-order valence-electron chi connectivity index (χ2n) is 5.38. The van der Waals surface area contributed by atoms with Gasteiger partial charge in [-0.2, -0.15) is 0 Å². The van der Waals surface area contributed by atoms with Gasteiger partial charge in [0.2, 0.25) is 5.91 Å². The average molecular weight is 311 g/mol. The molecule has 0 aliphatic carbocycles. The largest absolute Gasteiger partial charge is 0.370 e. The van der Waals surface area contributed by atoms with Gasteiger partial charge in [0.25, 0.3) is 5.91 Å². The van der Waals surface area contributed by atoms with Gasteiger partial charge in [-0.05, 0) is 23.8 Å². The van der Waals surface area contributed by atoms with Crippen LogP contribution in [0, 0.1) is 0 Å². The van der Waals surface area contributed by atoms with Crippen LogP contribution in [-0.2, 0) is 4.79 Å². The molecule has 0 bridgehead atoms. The molecular formula is C18H21N3O2. The van der Waals surface area contributed by atoms with Crippen LogP contribution < -0.4 is 10.6 Å². The van der Waals surface area contributed by atoms with E-state index in [0.29, 0.717) is 5.56 Å². The van der Waals surface area contributed by atoms with Crippen molar-refractivity contribution in [2.45, 2.75) is 6.04 Å². The van der Waals surface area contributed by atoms with Crippen LogP contribution in [0.2, 0.25) is 0 Å². The van der Waals surface area contributed by atoms with Crippen LogP contribution in [0.4, 0.5) is 5.69 Å². The standard InChI is InChI=1S/C18H21N3O2/c1-19-17(22)14-10-7-11-15(12-14)20-16(18(23)21(2)3)13-8-5-4-6-9-13/h4-12,16,20H,1-3H3,(H,19,22)/t16-/m1/s1. The minimum atomic E-state index is -0.508. The minimum Gasteiger partial charge on any atom is -0.370 e. The summed E-state index contributed by atoms with van der Waals surface area (Å²) in [4.78, 5) is 25.8. The molecule has 0 spiro atoms. The number of anilines is 1. The third-order valence-electron chi connectivity index (χ3n) is 3.48. The van der Waals surface area contributed by atoms with Crippen molar-refractivity contribution in [3.05, 3.63) is 65.7 Å². The number of hydrogen-bond donors (Lipinski definition) is 2. The summed E-state index contributed by atoms with van der Waals surface area (Å²) < 4.78 is 0. The van der Waals surface area contributed by atoms with E-state index in [-0.39, 0.29) is 11.8 Å². The molecule has 2 aromatic carbocycles. The Balaban J connectivity index is 2.31. The molecule has 0 saturated heterocycles. The number of carbonyl (C=O) groups excluding carboxylic acids is 2. The second-order valence-corrected chi connectivity index (χ2v) is 5.38.